The third-order valence-corrected chi connectivity index (χ3v) is 4.57. The van der Waals surface area contributed by atoms with Gasteiger partial charge < -0.3 is 10.6 Å². The number of hydrogen-bond acceptors (Lipinski definition) is 4. The molecule has 2 heterocycles. The summed E-state index contributed by atoms with van der Waals surface area (Å²) in [6.07, 6.45) is 5.18. The Morgan fingerprint density at radius 2 is 2.08 bits per heavy atom. The number of aromatic nitrogens is 3. The number of nitrogens with one attached hydrogen (secondary N) is 2. The summed E-state index contributed by atoms with van der Waals surface area (Å²) in [4.78, 5) is 16.5. The molecule has 0 fully saturated rings. The summed E-state index contributed by atoms with van der Waals surface area (Å²) in [6.45, 7) is 4.50. The minimum absolute atomic E-state index is 0.283. The topological polar surface area (TPSA) is 71.8 Å². The lowest BCUT2D eigenvalue weighted by atomic mass is 10.1. The van der Waals surface area contributed by atoms with Crippen LogP contribution < -0.4 is 10.6 Å². The van der Waals surface area contributed by atoms with Crippen molar-refractivity contribution in [1.29, 1.82) is 0 Å². The normalized spacial score (nSPS) is 11.2. The Hall–Kier alpha value is -2.67. The summed E-state index contributed by atoms with van der Waals surface area (Å²) in [5.74, 6) is 0. The highest BCUT2D eigenvalue weighted by molar-refractivity contribution is 7.09. The Morgan fingerprint density at radius 1 is 1.29 bits per heavy atom. The molecule has 2 N–H and O–H groups in total. The Labute approximate surface area is 144 Å². The van der Waals surface area contributed by atoms with Gasteiger partial charge in [-0.1, -0.05) is 30.3 Å². The maximum absolute atomic E-state index is 12.2. The molecule has 0 spiro atoms. The Kier molecular flexibility index (Phi) is 4.61. The molecule has 24 heavy (non-hydrogen) atoms. The molecule has 0 aliphatic carbocycles. The number of anilines is 1. The number of nitrogens with zero attached hydrogens (tertiary/aromatic N) is 3. The highest BCUT2D eigenvalue weighted by Crippen LogP contribution is 2.22. The number of carbonyl (C=O) groups is 1. The molecule has 1 aromatic carbocycles. The van der Waals surface area contributed by atoms with Gasteiger partial charge in [0.2, 0.25) is 0 Å². The van der Waals surface area contributed by atoms with Gasteiger partial charge in [-0.25, -0.2) is 9.78 Å². The Balaban J connectivity index is 1.59. The second-order valence-electron chi connectivity index (χ2n) is 5.95. The number of thiazole rings is 1. The molecular formula is C17H19N5OS. The lowest BCUT2D eigenvalue weighted by Gasteiger charge is -2.23. The van der Waals surface area contributed by atoms with Gasteiger partial charge in [0.25, 0.3) is 0 Å². The van der Waals surface area contributed by atoms with Crippen LogP contribution in [0.25, 0.3) is 0 Å². The van der Waals surface area contributed by atoms with E-state index < -0.39 is 5.54 Å². The molecule has 6 nitrogen and oxygen atoms in total. The second kappa shape index (κ2) is 6.84. The van der Waals surface area contributed by atoms with Crippen LogP contribution in [0.3, 0.4) is 0 Å². The number of rotatable bonds is 5. The summed E-state index contributed by atoms with van der Waals surface area (Å²) in [5, 5.41) is 12.8. The summed E-state index contributed by atoms with van der Waals surface area (Å²) in [7, 11) is 0. The van der Waals surface area contributed by atoms with Crippen LogP contribution in [0.1, 0.15) is 24.4 Å². The number of hydrogen-bond donors (Lipinski definition) is 2. The predicted molar refractivity (Wildman–Crippen MR) is 95.1 cm³/mol. The Bertz CT molecular complexity index is 796. The Morgan fingerprint density at radius 3 is 2.79 bits per heavy atom. The summed E-state index contributed by atoms with van der Waals surface area (Å²) in [5.41, 5.74) is 1.28. The van der Waals surface area contributed by atoms with Gasteiger partial charge in [-0.05, 0) is 19.4 Å². The van der Waals surface area contributed by atoms with Crippen molar-refractivity contribution in [2.75, 3.05) is 5.32 Å². The number of urea groups is 1. The zero-order valence-corrected chi connectivity index (χ0v) is 14.4. The second-order valence-corrected chi connectivity index (χ2v) is 6.85. The molecule has 124 valence electrons. The van der Waals surface area contributed by atoms with Gasteiger partial charge >= 0.3 is 6.03 Å². The smallest absolute Gasteiger partial charge is 0.320 e. The zero-order chi connectivity index (χ0) is 17.0. The number of carbonyl (C=O) groups excluding carboxylic acids is 1. The van der Waals surface area contributed by atoms with Gasteiger partial charge in [0.05, 0.1) is 24.0 Å². The highest BCUT2D eigenvalue weighted by atomic mass is 32.1. The van der Waals surface area contributed by atoms with E-state index in [1.54, 1.807) is 17.1 Å². The minimum atomic E-state index is -0.529. The zero-order valence-electron chi connectivity index (χ0n) is 13.6. The van der Waals surface area contributed by atoms with E-state index in [2.05, 4.69) is 20.7 Å². The fourth-order valence-corrected chi connectivity index (χ4v) is 3.03. The molecule has 0 saturated heterocycles. The van der Waals surface area contributed by atoms with Crippen molar-refractivity contribution < 1.29 is 4.79 Å². The fraction of sp³-hybridized carbons (Fsp3) is 0.235. The molecule has 0 radical (unpaired) electrons. The first-order valence-corrected chi connectivity index (χ1v) is 8.46. The molecule has 2 aromatic heterocycles. The third-order valence-electron chi connectivity index (χ3n) is 3.47. The average molecular weight is 341 g/mol. The average Bonchev–Trinajstić information content (AvgIpc) is 3.20. The van der Waals surface area contributed by atoms with E-state index in [4.69, 9.17) is 0 Å². The van der Waals surface area contributed by atoms with E-state index in [1.165, 1.54) is 11.3 Å². The largest absolute Gasteiger partial charge is 0.326 e. The molecule has 0 aliphatic heterocycles. The molecule has 0 bridgehead atoms. The quantitative estimate of drug-likeness (QED) is 0.747. The van der Waals surface area contributed by atoms with Crippen molar-refractivity contribution in [3.8, 4) is 0 Å². The van der Waals surface area contributed by atoms with E-state index in [9.17, 15) is 4.79 Å². The lowest BCUT2D eigenvalue weighted by Crippen LogP contribution is -2.43. The monoisotopic (exact) mass is 341 g/mol. The molecule has 0 atom stereocenters. The van der Waals surface area contributed by atoms with Crippen LogP contribution in [0, 0.1) is 0 Å². The van der Waals surface area contributed by atoms with E-state index in [0.29, 0.717) is 12.2 Å². The highest BCUT2D eigenvalue weighted by Gasteiger charge is 2.25. The van der Waals surface area contributed by atoms with Crippen molar-refractivity contribution in [2.45, 2.75) is 25.9 Å². The molecule has 2 amide bonds. The van der Waals surface area contributed by atoms with Gasteiger partial charge in [-0.3, -0.25) is 4.68 Å². The predicted octanol–water partition coefficient (Wildman–Crippen LogP) is 3.44. The van der Waals surface area contributed by atoms with Crippen LogP contribution >= 0.6 is 11.3 Å². The number of benzene rings is 1. The van der Waals surface area contributed by atoms with Crippen LogP contribution in [0.2, 0.25) is 0 Å². The number of amides is 2. The lowest BCUT2D eigenvalue weighted by molar-refractivity contribution is 0.242. The van der Waals surface area contributed by atoms with E-state index in [-0.39, 0.29) is 6.03 Å². The van der Waals surface area contributed by atoms with Gasteiger partial charge in [0.15, 0.2) is 0 Å². The van der Waals surface area contributed by atoms with Crippen molar-refractivity contribution in [2.24, 2.45) is 0 Å². The van der Waals surface area contributed by atoms with Gasteiger partial charge in [0.1, 0.15) is 5.01 Å². The minimum Gasteiger partial charge on any atom is -0.326 e. The van der Waals surface area contributed by atoms with E-state index in [0.717, 1.165) is 10.6 Å². The van der Waals surface area contributed by atoms with Crippen LogP contribution in [-0.2, 0) is 12.1 Å². The van der Waals surface area contributed by atoms with Crippen molar-refractivity contribution in [3.63, 3.8) is 0 Å². The SMILES string of the molecule is CC(C)(NC(=O)Nc1cnn(Cc2ccccc2)c1)c1nccs1. The summed E-state index contributed by atoms with van der Waals surface area (Å²) in [6, 6.07) is 9.76. The molecule has 3 aromatic rings. The fourth-order valence-electron chi connectivity index (χ4n) is 2.32. The van der Waals surface area contributed by atoms with Crippen LogP contribution in [0.15, 0.2) is 54.3 Å². The molecule has 0 unspecified atom stereocenters. The van der Waals surface area contributed by atoms with Gasteiger partial charge in [-0.15, -0.1) is 11.3 Å². The molecular weight excluding hydrogens is 322 g/mol. The van der Waals surface area contributed by atoms with Gasteiger partial charge in [-0.2, -0.15) is 5.10 Å². The summed E-state index contributed by atoms with van der Waals surface area (Å²) < 4.78 is 1.79. The van der Waals surface area contributed by atoms with Gasteiger partial charge in [0, 0.05) is 17.8 Å². The molecule has 3 rings (SSSR count). The van der Waals surface area contributed by atoms with Crippen LogP contribution in [0.5, 0.6) is 0 Å². The molecule has 0 saturated carbocycles. The molecule has 7 heteroatoms. The van der Waals surface area contributed by atoms with Crippen molar-refractivity contribution in [3.05, 3.63) is 64.9 Å². The van der Waals surface area contributed by atoms with Crippen LogP contribution in [0.4, 0.5) is 10.5 Å². The maximum atomic E-state index is 12.2. The first kappa shape index (κ1) is 16.2. The standard InChI is InChI=1S/C17H19N5OS/c1-17(2,15-18-8-9-24-15)21-16(23)20-14-10-19-22(12-14)11-13-6-4-3-5-7-13/h3-10,12H,11H2,1-2H3,(H2,20,21,23). The van der Waals surface area contributed by atoms with E-state index >= 15 is 0 Å². The summed E-state index contributed by atoms with van der Waals surface area (Å²) >= 11 is 1.51. The van der Waals surface area contributed by atoms with Crippen molar-refractivity contribution >= 4 is 23.1 Å². The maximum Gasteiger partial charge on any atom is 0.320 e. The first-order chi connectivity index (χ1) is 11.5. The molecule has 0 aliphatic rings. The van der Waals surface area contributed by atoms with E-state index in [1.807, 2.05) is 55.8 Å². The van der Waals surface area contributed by atoms with Crippen LogP contribution in [-0.4, -0.2) is 20.8 Å². The third kappa shape index (κ3) is 3.99. The first-order valence-electron chi connectivity index (χ1n) is 7.58. The van der Waals surface area contributed by atoms with Crippen molar-refractivity contribution in [1.82, 2.24) is 20.1 Å².